The second kappa shape index (κ2) is 7.79. The van der Waals surface area contributed by atoms with E-state index in [-0.39, 0.29) is 5.91 Å². The Hall–Kier alpha value is -1.42. The molecule has 0 radical (unpaired) electrons. The zero-order valence-electron chi connectivity index (χ0n) is 10.6. The molecule has 0 aliphatic rings. The summed E-state index contributed by atoms with van der Waals surface area (Å²) in [5.74, 6) is 0.113. The summed E-state index contributed by atoms with van der Waals surface area (Å²) in [7, 11) is 0. The minimum atomic E-state index is 0.113. The van der Waals surface area contributed by atoms with Crippen molar-refractivity contribution in [1.29, 1.82) is 0 Å². The average molecular weight is 235 g/mol. The molecule has 0 atom stereocenters. The zero-order valence-corrected chi connectivity index (χ0v) is 10.6. The van der Waals surface area contributed by atoms with Crippen molar-refractivity contribution in [3.8, 4) is 0 Å². The van der Waals surface area contributed by atoms with Crippen LogP contribution in [-0.2, 0) is 11.3 Å². The molecule has 0 aromatic carbocycles. The van der Waals surface area contributed by atoms with Gasteiger partial charge in [0, 0.05) is 38.4 Å². The second-order valence-electron chi connectivity index (χ2n) is 4.15. The molecule has 1 aromatic rings. The standard InChI is InChI=1S/C13H21N3O/c1-3-5-16-13(17)4-6-14-9-12-7-11(2)8-15-10-12/h7-8,10,14H,3-6,9H2,1-2H3,(H,16,17). The number of amides is 1. The number of aryl methyl sites for hydroxylation is 1. The summed E-state index contributed by atoms with van der Waals surface area (Å²) in [6.07, 6.45) is 5.19. The van der Waals surface area contributed by atoms with E-state index in [0.29, 0.717) is 13.0 Å². The third-order valence-electron chi connectivity index (χ3n) is 2.36. The number of rotatable bonds is 7. The Balaban J connectivity index is 2.14. The van der Waals surface area contributed by atoms with Crippen LogP contribution in [0, 0.1) is 6.92 Å². The summed E-state index contributed by atoms with van der Waals surface area (Å²) in [6, 6.07) is 2.09. The van der Waals surface area contributed by atoms with E-state index in [4.69, 9.17) is 0 Å². The van der Waals surface area contributed by atoms with Crippen molar-refractivity contribution in [3.05, 3.63) is 29.6 Å². The Morgan fingerprint density at radius 1 is 1.35 bits per heavy atom. The lowest BCUT2D eigenvalue weighted by Gasteiger charge is -2.06. The molecule has 1 aromatic heterocycles. The van der Waals surface area contributed by atoms with Gasteiger partial charge in [-0.05, 0) is 24.5 Å². The van der Waals surface area contributed by atoms with Crippen molar-refractivity contribution in [1.82, 2.24) is 15.6 Å². The van der Waals surface area contributed by atoms with Gasteiger partial charge in [0.1, 0.15) is 0 Å². The molecular weight excluding hydrogens is 214 g/mol. The SMILES string of the molecule is CCCNC(=O)CCNCc1cncc(C)c1. The topological polar surface area (TPSA) is 54.0 Å². The lowest BCUT2D eigenvalue weighted by molar-refractivity contribution is -0.120. The number of hydrogen-bond donors (Lipinski definition) is 2. The van der Waals surface area contributed by atoms with Crippen LogP contribution in [0.25, 0.3) is 0 Å². The first-order valence-corrected chi connectivity index (χ1v) is 6.10. The van der Waals surface area contributed by atoms with Gasteiger partial charge in [-0.15, -0.1) is 0 Å². The molecule has 0 saturated heterocycles. The Labute approximate surface area is 103 Å². The molecular formula is C13H21N3O. The van der Waals surface area contributed by atoms with Crippen LogP contribution >= 0.6 is 0 Å². The molecule has 1 amide bonds. The quantitative estimate of drug-likeness (QED) is 0.702. The monoisotopic (exact) mass is 235 g/mol. The Bertz CT molecular complexity index is 352. The molecule has 17 heavy (non-hydrogen) atoms. The number of hydrogen-bond acceptors (Lipinski definition) is 3. The summed E-state index contributed by atoms with van der Waals surface area (Å²) >= 11 is 0. The molecule has 0 unspecified atom stereocenters. The van der Waals surface area contributed by atoms with Crippen LogP contribution in [0.3, 0.4) is 0 Å². The predicted octanol–water partition coefficient (Wildman–Crippen LogP) is 1.40. The maximum atomic E-state index is 11.3. The highest BCUT2D eigenvalue weighted by atomic mass is 16.1. The highest BCUT2D eigenvalue weighted by molar-refractivity contribution is 5.75. The van der Waals surface area contributed by atoms with E-state index in [1.54, 1.807) is 0 Å². The minimum Gasteiger partial charge on any atom is -0.356 e. The normalized spacial score (nSPS) is 10.2. The summed E-state index contributed by atoms with van der Waals surface area (Å²) in [6.45, 7) is 6.29. The van der Waals surface area contributed by atoms with E-state index in [2.05, 4.69) is 21.7 Å². The van der Waals surface area contributed by atoms with Crippen molar-refractivity contribution in [3.63, 3.8) is 0 Å². The fraction of sp³-hybridized carbons (Fsp3) is 0.538. The fourth-order valence-corrected chi connectivity index (χ4v) is 1.50. The summed E-state index contributed by atoms with van der Waals surface area (Å²) in [4.78, 5) is 15.4. The molecule has 0 fully saturated rings. The molecule has 0 aliphatic carbocycles. The number of carbonyl (C=O) groups excluding carboxylic acids is 1. The lowest BCUT2D eigenvalue weighted by Crippen LogP contribution is -2.28. The first-order chi connectivity index (χ1) is 8.22. The van der Waals surface area contributed by atoms with E-state index in [1.165, 1.54) is 0 Å². The average Bonchev–Trinajstić information content (AvgIpc) is 2.32. The van der Waals surface area contributed by atoms with E-state index in [1.807, 2.05) is 26.2 Å². The van der Waals surface area contributed by atoms with Gasteiger partial charge in [0.05, 0.1) is 0 Å². The van der Waals surface area contributed by atoms with E-state index >= 15 is 0 Å². The van der Waals surface area contributed by atoms with Gasteiger partial charge in [0.15, 0.2) is 0 Å². The highest BCUT2D eigenvalue weighted by Gasteiger charge is 1.99. The van der Waals surface area contributed by atoms with Gasteiger partial charge in [-0.1, -0.05) is 13.0 Å². The molecule has 2 N–H and O–H groups in total. The smallest absolute Gasteiger partial charge is 0.221 e. The first kappa shape index (κ1) is 13.6. The van der Waals surface area contributed by atoms with Crippen molar-refractivity contribution >= 4 is 5.91 Å². The minimum absolute atomic E-state index is 0.113. The van der Waals surface area contributed by atoms with Crippen LogP contribution in [0.2, 0.25) is 0 Å². The zero-order chi connectivity index (χ0) is 12.5. The van der Waals surface area contributed by atoms with Gasteiger partial charge in [0.2, 0.25) is 5.91 Å². The van der Waals surface area contributed by atoms with Gasteiger partial charge in [-0.2, -0.15) is 0 Å². The van der Waals surface area contributed by atoms with Gasteiger partial charge in [-0.25, -0.2) is 0 Å². The summed E-state index contributed by atoms with van der Waals surface area (Å²) in [5.41, 5.74) is 2.31. The molecule has 1 heterocycles. The van der Waals surface area contributed by atoms with E-state index in [0.717, 1.165) is 30.6 Å². The third-order valence-corrected chi connectivity index (χ3v) is 2.36. The van der Waals surface area contributed by atoms with E-state index in [9.17, 15) is 4.79 Å². The fourth-order valence-electron chi connectivity index (χ4n) is 1.50. The first-order valence-electron chi connectivity index (χ1n) is 6.10. The van der Waals surface area contributed by atoms with Gasteiger partial charge >= 0.3 is 0 Å². The Morgan fingerprint density at radius 2 is 2.18 bits per heavy atom. The molecule has 0 spiro atoms. The molecule has 1 rings (SSSR count). The van der Waals surface area contributed by atoms with Crippen LogP contribution in [0.4, 0.5) is 0 Å². The Morgan fingerprint density at radius 3 is 2.88 bits per heavy atom. The molecule has 94 valence electrons. The molecule has 0 aliphatic heterocycles. The summed E-state index contributed by atoms with van der Waals surface area (Å²) in [5, 5.41) is 6.08. The van der Waals surface area contributed by atoms with Gasteiger partial charge in [0.25, 0.3) is 0 Å². The van der Waals surface area contributed by atoms with Gasteiger partial charge < -0.3 is 10.6 Å². The van der Waals surface area contributed by atoms with Crippen molar-refractivity contribution in [2.24, 2.45) is 0 Å². The third kappa shape index (κ3) is 6.02. The number of aromatic nitrogens is 1. The molecule has 4 heteroatoms. The number of carbonyl (C=O) groups is 1. The van der Waals surface area contributed by atoms with Crippen LogP contribution in [0.15, 0.2) is 18.5 Å². The lowest BCUT2D eigenvalue weighted by atomic mass is 10.2. The number of pyridine rings is 1. The Kier molecular flexibility index (Phi) is 6.25. The van der Waals surface area contributed by atoms with Crippen molar-refractivity contribution < 1.29 is 4.79 Å². The van der Waals surface area contributed by atoms with E-state index < -0.39 is 0 Å². The van der Waals surface area contributed by atoms with Crippen LogP contribution in [0.1, 0.15) is 30.9 Å². The van der Waals surface area contributed by atoms with Crippen LogP contribution in [-0.4, -0.2) is 24.0 Å². The number of nitrogens with one attached hydrogen (secondary N) is 2. The summed E-state index contributed by atoms with van der Waals surface area (Å²) < 4.78 is 0. The van der Waals surface area contributed by atoms with Crippen LogP contribution < -0.4 is 10.6 Å². The highest BCUT2D eigenvalue weighted by Crippen LogP contribution is 2.00. The predicted molar refractivity (Wildman–Crippen MR) is 68.6 cm³/mol. The van der Waals surface area contributed by atoms with Crippen LogP contribution in [0.5, 0.6) is 0 Å². The molecule has 4 nitrogen and oxygen atoms in total. The second-order valence-corrected chi connectivity index (χ2v) is 4.15. The number of nitrogens with zero attached hydrogens (tertiary/aromatic N) is 1. The van der Waals surface area contributed by atoms with Crippen molar-refractivity contribution in [2.75, 3.05) is 13.1 Å². The van der Waals surface area contributed by atoms with Crippen molar-refractivity contribution in [2.45, 2.75) is 33.2 Å². The maximum absolute atomic E-state index is 11.3. The van der Waals surface area contributed by atoms with Gasteiger partial charge in [-0.3, -0.25) is 9.78 Å². The maximum Gasteiger partial charge on any atom is 0.221 e. The molecule has 0 saturated carbocycles. The largest absolute Gasteiger partial charge is 0.356 e. The molecule has 0 bridgehead atoms.